The Morgan fingerprint density at radius 1 is 0.424 bits per heavy atom. The van der Waals surface area contributed by atoms with Crippen LogP contribution in [0, 0.1) is 0 Å². The summed E-state index contributed by atoms with van der Waals surface area (Å²) in [6, 6.07) is -0.906. The van der Waals surface area contributed by atoms with Crippen molar-refractivity contribution in [2.75, 3.05) is 40.9 Å². The van der Waals surface area contributed by atoms with Gasteiger partial charge >= 0.3 is 0 Å². The molecule has 0 spiro atoms. The van der Waals surface area contributed by atoms with Crippen LogP contribution in [0.15, 0.2) is 85.1 Å². The monoisotopic (exact) mass is 1210 g/mol. The maximum Gasteiger partial charge on any atom is 0.268 e. The smallest absolute Gasteiger partial charge is 0.268 e. The first-order chi connectivity index (χ1) is 41.5. The highest BCUT2D eigenvalue weighted by Gasteiger charge is 2.23. The predicted octanol–water partition coefficient (Wildman–Crippen LogP) is 22.9. The Kier molecular flexibility index (Phi) is 64.3. The molecule has 0 aliphatic carbocycles. The van der Waals surface area contributed by atoms with Gasteiger partial charge in [-0.15, -0.1) is 0 Å². The highest BCUT2D eigenvalue weighted by atomic mass is 31.2. The van der Waals surface area contributed by atoms with Crippen LogP contribution in [-0.4, -0.2) is 68.5 Å². The Bertz CT molecular complexity index is 1660. The first-order valence-corrected chi connectivity index (χ1v) is 37.9. The van der Waals surface area contributed by atoms with Crippen LogP contribution >= 0.6 is 7.82 Å². The van der Waals surface area contributed by atoms with Crippen LogP contribution in [0.4, 0.5) is 0 Å². The molecule has 0 rings (SSSR count). The maximum absolute atomic E-state index is 13.0. The first kappa shape index (κ1) is 82.7. The lowest BCUT2D eigenvalue weighted by Gasteiger charge is -2.29. The van der Waals surface area contributed by atoms with Gasteiger partial charge in [-0.3, -0.25) is 9.36 Å². The molecule has 3 atom stereocenters. The van der Waals surface area contributed by atoms with Crippen molar-refractivity contribution in [2.45, 2.75) is 353 Å². The Hall–Kier alpha value is -2.32. The number of allylic oxidation sites excluding steroid dienone is 13. The van der Waals surface area contributed by atoms with Gasteiger partial charge in [0, 0.05) is 6.42 Å². The number of hydrogen-bond acceptors (Lipinski definition) is 6. The Labute approximate surface area is 528 Å². The largest absolute Gasteiger partial charge is 0.756 e. The zero-order valence-electron chi connectivity index (χ0n) is 56.8. The molecule has 0 aliphatic rings. The van der Waals surface area contributed by atoms with Gasteiger partial charge in [0.1, 0.15) is 13.2 Å². The number of phosphoric acid groups is 1. The summed E-state index contributed by atoms with van der Waals surface area (Å²) < 4.78 is 23.5. The first-order valence-electron chi connectivity index (χ1n) is 36.4. The van der Waals surface area contributed by atoms with E-state index in [-0.39, 0.29) is 12.5 Å². The molecule has 0 aromatic carbocycles. The second-order valence-electron chi connectivity index (χ2n) is 25.9. The number of aliphatic hydroxyl groups excluding tert-OH is 1. The summed E-state index contributed by atoms with van der Waals surface area (Å²) in [5.74, 6) is -0.202. The van der Waals surface area contributed by atoms with Crippen molar-refractivity contribution in [2.24, 2.45) is 0 Å². The molecule has 0 radical (unpaired) electrons. The Morgan fingerprint density at radius 2 is 0.729 bits per heavy atom. The zero-order chi connectivity index (χ0) is 61.9. The van der Waals surface area contributed by atoms with E-state index in [2.05, 4.69) is 92.1 Å². The lowest BCUT2D eigenvalue weighted by atomic mass is 10.0. The van der Waals surface area contributed by atoms with Gasteiger partial charge in [0.15, 0.2) is 0 Å². The molecular formula is C76H141N2O6P. The van der Waals surface area contributed by atoms with Crippen molar-refractivity contribution in [3.05, 3.63) is 85.1 Å². The van der Waals surface area contributed by atoms with Gasteiger partial charge in [0.2, 0.25) is 5.91 Å². The number of quaternary nitrogens is 1. The van der Waals surface area contributed by atoms with Crippen LogP contribution in [0.1, 0.15) is 341 Å². The number of hydrogen-bond donors (Lipinski definition) is 2. The average molecular weight is 1210 g/mol. The fourth-order valence-electron chi connectivity index (χ4n) is 10.7. The molecule has 0 bridgehead atoms. The van der Waals surface area contributed by atoms with E-state index < -0.39 is 26.6 Å². The topological polar surface area (TPSA) is 108 Å². The van der Waals surface area contributed by atoms with Crippen molar-refractivity contribution in [3.8, 4) is 0 Å². The molecule has 0 saturated heterocycles. The summed E-state index contributed by atoms with van der Waals surface area (Å²) in [4.78, 5) is 25.6. The van der Waals surface area contributed by atoms with Gasteiger partial charge in [-0.05, 0) is 77.0 Å². The molecular weight excluding hydrogens is 1070 g/mol. The molecule has 85 heavy (non-hydrogen) atoms. The van der Waals surface area contributed by atoms with Crippen molar-refractivity contribution in [3.63, 3.8) is 0 Å². The summed E-state index contributed by atoms with van der Waals surface area (Å²) >= 11 is 0. The van der Waals surface area contributed by atoms with Crippen LogP contribution in [0.2, 0.25) is 0 Å². The lowest BCUT2D eigenvalue weighted by Crippen LogP contribution is -2.45. The zero-order valence-corrected chi connectivity index (χ0v) is 57.7. The molecule has 1 amide bonds. The summed E-state index contributed by atoms with van der Waals surface area (Å²) in [7, 11) is 1.25. The number of amides is 1. The predicted molar refractivity (Wildman–Crippen MR) is 371 cm³/mol. The van der Waals surface area contributed by atoms with Gasteiger partial charge in [-0.2, -0.15) is 0 Å². The van der Waals surface area contributed by atoms with Gasteiger partial charge < -0.3 is 28.8 Å². The number of nitrogens with one attached hydrogen (secondary N) is 1. The highest BCUT2D eigenvalue weighted by Crippen LogP contribution is 2.38. The fourth-order valence-corrected chi connectivity index (χ4v) is 11.5. The van der Waals surface area contributed by atoms with Gasteiger partial charge in [0.05, 0.1) is 39.9 Å². The Morgan fingerprint density at radius 3 is 1.09 bits per heavy atom. The quantitative estimate of drug-likeness (QED) is 0.0272. The van der Waals surface area contributed by atoms with Crippen LogP contribution in [0.3, 0.4) is 0 Å². The van der Waals surface area contributed by atoms with Crippen LogP contribution in [-0.2, 0) is 18.4 Å². The molecule has 0 aromatic heterocycles. The second-order valence-corrected chi connectivity index (χ2v) is 27.3. The molecule has 9 heteroatoms. The third kappa shape index (κ3) is 69.0. The molecule has 8 nitrogen and oxygen atoms in total. The third-order valence-corrected chi connectivity index (χ3v) is 17.3. The normalized spacial score (nSPS) is 14.1. The van der Waals surface area contributed by atoms with E-state index in [9.17, 15) is 19.4 Å². The summed E-state index contributed by atoms with van der Waals surface area (Å²) in [6.07, 6.45) is 94.4. The molecule has 0 saturated carbocycles. The van der Waals surface area contributed by atoms with Gasteiger partial charge in [-0.25, -0.2) is 0 Å². The minimum atomic E-state index is -4.61. The number of carbonyl (C=O) groups excluding carboxylic acids is 1. The SMILES string of the molecule is CC/C=C\C/C=C\C/C=C\C/C=C\C/C=C\CCCCCCCCCCCCCCCCCCCCCCCCCC(=O)NC(COP(=O)([O-])OCC[N+](C)(C)C)C(O)/C=C/CC/C=C/CCCCCCCCCCCCCCCCCCCC. The number of unbranched alkanes of at least 4 members (excludes halogenated alkanes) is 42. The molecule has 0 aliphatic heterocycles. The van der Waals surface area contributed by atoms with E-state index in [0.717, 1.165) is 70.6 Å². The van der Waals surface area contributed by atoms with E-state index in [1.807, 2.05) is 27.2 Å². The average Bonchev–Trinajstić information content (AvgIpc) is 3.49. The molecule has 2 N–H and O–H groups in total. The van der Waals surface area contributed by atoms with Crippen molar-refractivity contribution < 1.29 is 32.9 Å². The number of phosphoric ester groups is 1. The standard InChI is InChI=1S/C76H141N2O6P/c1-6-8-10-12-14-16-18-20-22-24-26-28-30-32-33-34-35-36-37-38-39-40-41-42-43-44-45-46-48-50-52-54-56-58-60-62-64-66-68-70-76(80)77-74(73-84-85(81,82)83-72-71-78(3,4)5)75(79)69-67-65-63-61-59-57-55-53-51-49-47-31-29-27-25-23-21-19-17-15-13-11-9-7-2/h8,10,14,16,20,22,26,28,32-33,59,61,67,69,74-75,79H,6-7,9,11-13,15,17-19,21,23-25,27,29-31,34-58,60,62-66,68,70-73H2,1-5H3,(H-,77,80,81,82)/b10-8-,16-14-,22-20-,28-26-,33-32-,61-59+,69-67+. The van der Waals surface area contributed by atoms with Crippen LogP contribution in [0.5, 0.6) is 0 Å². The van der Waals surface area contributed by atoms with Gasteiger partial charge in [0.25, 0.3) is 7.82 Å². The van der Waals surface area contributed by atoms with E-state index >= 15 is 0 Å². The number of aliphatic hydroxyl groups is 1. The van der Waals surface area contributed by atoms with Crippen molar-refractivity contribution >= 4 is 13.7 Å². The summed E-state index contributed by atoms with van der Waals surface area (Å²) in [5.41, 5.74) is 0. The number of rotatable bonds is 67. The van der Waals surface area contributed by atoms with E-state index in [4.69, 9.17) is 9.05 Å². The highest BCUT2D eigenvalue weighted by molar-refractivity contribution is 7.45. The van der Waals surface area contributed by atoms with Crippen LogP contribution < -0.4 is 10.2 Å². The second kappa shape index (κ2) is 66.1. The van der Waals surface area contributed by atoms with Gasteiger partial charge in [-0.1, -0.05) is 343 Å². The van der Waals surface area contributed by atoms with Crippen molar-refractivity contribution in [1.29, 1.82) is 0 Å². The molecule has 496 valence electrons. The Balaban J connectivity index is 4.00. The summed E-state index contributed by atoms with van der Waals surface area (Å²) in [6.45, 7) is 4.56. The van der Waals surface area contributed by atoms with E-state index in [1.54, 1.807) is 6.08 Å². The molecule has 0 fully saturated rings. The number of carbonyl (C=O) groups is 1. The summed E-state index contributed by atoms with van der Waals surface area (Å²) in [5, 5.41) is 13.9. The lowest BCUT2D eigenvalue weighted by molar-refractivity contribution is -0.870. The third-order valence-electron chi connectivity index (χ3n) is 16.3. The minimum absolute atomic E-state index is 0.00652. The molecule has 3 unspecified atom stereocenters. The number of likely N-dealkylation sites (N-methyl/N-ethyl adjacent to an activating group) is 1. The molecule has 0 aromatic rings. The van der Waals surface area contributed by atoms with E-state index in [1.165, 1.54) is 250 Å². The van der Waals surface area contributed by atoms with E-state index in [0.29, 0.717) is 17.4 Å². The molecule has 0 heterocycles. The fraction of sp³-hybridized carbons (Fsp3) is 0.803. The van der Waals surface area contributed by atoms with Crippen LogP contribution in [0.25, 0.3) is 0 Å². The number of nitrogens with zero attached hydrogens (tertiary/aromatic N) is 1. The van der Waals surface area contributed by atoms with Crippen molar-refractivity contribution in [1.82, 2.24) is 5.32 Å². The minimum Gasteiger partial charge on any atom is -0.756 e. The maximum atomic E-state index is 13.0.